The molecule has 1 rings (SSSR count). The predicted octanol–water partition coefficient (Wildman–Crippen LogP) is 1.89. The Bertz CT molecular complexity index is 540. The molecule has 0 bridgehead atoms. The van der Waals surface area contributed by atoms with Crippen molar-refractivity contribution in [3.05, 3.63) is 0 Å². The summed E-state index contributed by atoms with van der Waals surface area (Å²) in [5, 5.41) is 8.59. The lowest BCUT2D eigenvalue weighted by Gasteiger charge is -2.41. The lowest BCUT2D eigenvalue weighted by Crippen LogP contribution is -2.49. The van der Waals surface area contributed by atoms with E-state index in [1.54, 1.807) is 23.7 Å². The first-order valence-corrected chi connectivity index (χ1v) is 12.0. The van der Waals surface area contributed by atoms with E-state index in [0.717, 1.165) is 6.42 Å². The van der Waals surface area contributed by atoms with E-state index in [1.165, 1.54) is 0 Å². The van der Waals surface area contributed by atoms with Gasteiger partial charge in [0, 0.05) is 26.2 Å². The quantitative estimate of drug-likeness (QED) is 0.312. The lowest BCUT2D eigenvalue weighted by atomic mass is 9.92. The molecule has 0 spiro atoms. The van der Waals surface area contributed by atoms with Crippen LogP contribution in [0, 0.1) is 5.41 Å². The first-order valence-electron chi connectivity index (χ1n) is 10.5. The molecule has 1 aliphatic rings. The SMILES string of the molecule is CCC(C)(C)COP(=O)(N(C)C)N1CCN(C(=O)OCCOCCOCCO)CC1. The molecule has 30 heavy (non-hydrogen) atoms. The van der Waals surface area contributed by atoms with Crippen LogP contribution < -0.4 is 0 Å². The minimum absolute atomic E-state index is 0.0161. The molecule has 1 aliphatic heterocycles. The molecule has 0 radical (unpaired) electrons. The standard InChI is InChI=1S/C19H40N3O7P/c1-6-19(2,3)17-29-30(25,20(4)5)22-9-7-21(8-10-22)18(24)28-16-15-27-14-13-26-12-11-23/h23H,6-17H2,1-5H3. The fourth-order valence-electron chi connectivity index (χ4n) is 2.61. The van der Waals surface area contributed by atoms with Crippen LogP contribution in [0.15, 0.2) is 0 Å². The summed E-state index contributed by atoms with van der Waals surface area (Å²) in [5.74, 6) is 0. The number of rotatable bonds is 14. The Morgan fingerprint density at radius 1 is 1.03 bits per heavy atom. The van der Waals surface area contributed by atoms with Gasteiger partial charge in [0.15, 0.2) is 0 Å². The Morgan fingerprint density at radius 3 is 2.13 bits per heavy atom. The van der Waals surface area contributed by atoms with Gasteiger partial charge in [0.25, 0.3) is 0 Å². The van der Waals surface area contributed by atoms with Gasteiger partial charge in [-0.05, 0) is 25.9 Å². The average Bonchev–Trinajstić information content (AvgIpc) is 2.73. The van der Waals surface area contributed by atoms with Crippen LogP contribution in [0.2, 0.25) is 0 Å². The van der Waals surface area contributed by atoms with E-state index in [4.69, 9.17) is 23.8 Å². The van der Waals surface area contributed by atoms with Gasteiger partial charge in [-0.3, -0.25) is 4.57 Å². The minimum Gasteiger partial charge on any atom is -0.447 e. The summed E-state index contributed by atoms with van der Waals surface area (Å²) >= 11 is 0. The van der Waals surface area contributed by atoms with Crippen LogP contribution in [0.3, 0.4) is 0 Å². The summed E-state index contributed by atoms with van der Waals surface area (Å²) in [6, 6.07) is 0. The summed E-state index contributed by atoms with van der Waals surface area (Å²) in [5.41, 5.74) is -0.0513. The number of aliphatic hydroxyl groups excluding tert-OH is 1. The number of amides is 1. The second kappa shape index (κ2) is 13.6. The van der Waals surface area contributed by atoms with Crippen molar-refractivity contribution in [2.75, 3.05) is 86.5 Å². The summed E-state index contributed by atoms with van der Waals surface area (Å²) in [6.45, 7) is 9.91. The van der Waals surface area contributed by atoms with Gasteiger partial charge in [-0.2, -0.15) is 0 Å². The van der Waals surface area contributed by atoms with Gasteiger partial charge in [-0.25, -0.2) is 14.1 Å². The predicted molar refractivity (Wildman–Crippen MR) is 115 cm³/mol. The van der Waals surface area contributed by atoms with Crippen LogP contribution in [0.4, 0.5) is 4.79 Å². The van der Waals surface area contributed by atoms with E-state index < -0.39 is 13.8 Å². The first kappa shape index (κ1) is 27.3. The molecule has 1 fully saturated rings. The van der Waals surface area contributed by atoms with Crippen molar-refractivity contribution in [2.45, 2.75) is 27.2 Å². The Kier molecular flexibility index (Phi) is 12.4. The molecular formula is C19H40N3O7P. The Labute approximate surface area is 180 Å². The fraction of sp³-hybridized carbons (Fsp3) is 0.947. The number of nitrogens with zero attached hydrogens (tertiary/aromatic N) is 3. The van der Waals surface area contributed by atoms with Crippen molar-refractivity contribution in [3.8, 4) is 0 Å². The molecule has 1 amide bonds. The highest BCUT2D eigenvalue weighted by molar-refractivity contribution is 7.53. The molecule has 0 aliphatic carbocycles. The second-order valence-corrected chi connectivity index (χ2v) is 10.7. The second-order valence-electron chi connectivity index (χ2n) is 8.13. The lowest BCUT2D eigenvalue weighted by molar-refractivity contribution is 0.0126. The molecule has 0 aromatic heterocycles. The van der Waals surface area contributed by atoms with Gasteiger partial charge >= 0.3 is 13.8 Å². The van der Waals surface area contributed by atoms with Gasteiger partial charge in [0.1, 0.15) is 6.61 Å². The largest absolute Gasteiger partial charge is 0.447 e. The number of hydrogen-bond acceptors (Lipinski definition) is 7. The number of aliphatic hydroxyl groups is 1. The number of ether oxygens (including phenoxy) is 3. The molecule has 0 aromatic carbocycles. The van der Waals surface area contributed by atoms with Crippen LogP contribution >= 0.6 is 7.67 Å². The molecule has 1 N–H and O–H groups in total. The highest BCUT2D eigenvalue weighted by Crippen LogP contribution is 2.53. The summed E-state index contributed by atoms with van der Waals surface area (Å²) < 4.78 is 38.5. The summed E-state index contributed by atoms with van der Waals surface area (Å²) in [4.78, 5) is 13.8. The van der Waals surface area contributed by atoms with E-state index in [2.05, 4.69) is 20.8 Å². The number of carbonyl (C=O) groups excluding carboxylic acids is 1. The molecule has 0 saturated carbocycles. The van der Waals surface area contributed by atoms with Crippen LogP contribution in [0.1, 0.15) is 27.2 Å². The van der Waals surface area contributed by atoms with E-state index in [-0.39, 0.29) is 31.8 Å². The van der Waals surface area contributed by atoms with E-state index in [1.807, 2.05) is 4.67 Å². The Balaban J connectivity index is 2.37. The normalized spacial score (nSPS) is 17.9. The van der Waals surface area contributed by atoms with Crippen LogP contribution in [0.5, 0.6) is 0 Å². The van der Waals surface area contributed by atoms with Gasteiger partial charge in [-0.15, -0.1) is 0 Å². The summed E-state index contributed by atoms with van der Waals surface area (Å²) in [6.07, 6.45) is 0.530. The molecule has 1 atom stereocenters. The zero-order valence-electron chi connectivity index (χ0n) is 19.2. The zero-order valence-corrected chi connectivity index (χ0v) is 20.1. The van der Waals surface area contributed by atoms with Gasteiger partial charge in [0.05, 0.1) is 39.6 Å². The third-order valence-electron chi connectivity index (χ3n) is 5.02. The maximum absolute atomic E-state index is 13.5. The molecular weight excluding hydrogens is 413 g/mol. The van der Waals surface area contributed by atoms with Crippen LogP contribution in [-0.4, -0.2) is 112 Å². The third kappa shape index (κ3) is 9.18. The fourth-order valence-corrected chi connectivity index (χ4v) is 4.71. The van der Waals surface area contributed by atoms with Gasteiger partial charge in [0.2, 0.25) is 0 Å². The van der Waals surface area contributed by atoms with Crippen molar-refractivity contribution >= 4 is 13.8 Å². The third-order valence-corrected chi connectivity index (χ3v) is 7.61. The highest BCUT2D eigenvalue weighted by atomic mass is 31.2. The molecule has 0 aromatic rings. The van der Waals surface area contributed by atoms with Crippen molar-refractivity contribution in [2.24, 2.45) is 5.41 Å². The Morgan fingerprint density at radius 2 is 1.60 bits per heavy atom. The molecule has 10 nitrogen and oxygen atoms in total. The van der Waals surface area contributed by atoms with Gasteiger partial charge in [-0.1, -0.05) is 20.8 Å². The van der Waals surface area contributed by atoms with Gasteiger partial charge < -0.3 is 28.7 Å². The molecule has 1 saturated heterocycles. The van der Waals surface area contributed by atoms with E-state index in [9.17, 15) is 9.36 Å². The number of hydrogen-bond donors (Lipinski definition) is 1. The van der Waals surface area contributed by atoms with Crippen LogP contribution in [0.25, 0.3) is 0 Å². The van der Waals surface area contributed by atoms with E-state index in [0.29, 0.717) is 46.0 Å². The molecule has 178 valence electrons. The molecule has 11 heteroatoms. The molecule has 1 unspecified atom stereocenters. The first-order chi connectivity index (χ1) is 14.2. The minimum atomic E-state index is -3.13. The zero-order chi connectivity index (χ0) is 22.6. The monoisotopic (exact) mass is 453 g/mol. The van der Waals surface area contributed by atoms with Crippen molar-refractivity contribution in [3.63, 3.8) is 0 Å². The number of piperazine rings is 1. The topological polar surface area (TPSA) is 101 Å². The maximum atomic E-state index is 13.5. The van der Waals surface area contributed by atoms with Crippen molar-refractivity contribution in [1.29, 1.82) is 0 Å². The smallest absolute Gasteiger partial charge is 0.409 e. The molecule has 1 heterocycles. The Hall–Kier alpha value is -0.740. The highest BCUT2D eigenvalue weighted by Gasteiger charge is 2.39. The van der Waals surface area contributed by atoms with Crippen LogP contribution in [-0.2, 0) is 23.3 Å². The maximum Gasteiger partial charge on any atom is 0.409 e. The summed E-state index contributed by atoms with van der Waals surface area (Å²) in [7, 11) is 0.383. The van der Waals surface area contributed by atoms with E-state index >= 15 is 0 Å². The average molecular weight is 454 g/mol. The number of carbonyl (C=O) groups is 1. The van der Waals surface area contributed by atoms with Crippen molar-refractivity contribution < 1.29 is 33.2 Å². The van der Waals surface area contributed by atoms with Crippen molar-refractivity contribution in [1.82, 2.24) is 14.2 Å².